The highest BCUT2D eigenvalue weighted by atomic mass is 32.1. The second kappa shape index (κ2) is 4.45. The van der Waals surface area contributed by atoms with E-state index >= 15 is 0 Å². The van der Waals surface area contributed by atoms with Crippen LogP contribution in [0.25, 0.3) is 11.5 Å². The molecule has 0 aromatic carbocycles. The van der Waals surface area contributed by atoms with Gasteiger partial charge in [-0.1, -0.05) is 0 Å². The van der Waals surface area contributed by atoms with Crippen molar-refractivity contribution in [2.45, 2.75) is 19.3 Å². The lowest BCUT2D eigenvalue weighted by Crippen LogP contribution is -2.07. The quantitative estimate of drug-likeness (QED) is 0.828. The maximum Gasteiger partial charge on any atom is 0.309 e. The molecule has 1 aliphatic carbocycles. The molecule has 0 amide bonds. The van der Waals surface area contributed by atoms with E-state index in [9.17, 15) is 4.79 Å². The predicted octanol–water partition coefficient (Wildman–Crippen LogP) is 0.990. The van der Waals surface area contributed by atoms with Gasteiger partial charge in [-0.25, -0.2) is 4.98 Å². The SMILES string of the molecule is CCOC(=O)[C@@H]1C[C@H]1c1nc(-c2cnsn2)n[nH]1. The van der Waals surface area contributed by atoms with Gasteiger partial charge >= 0.3 is 5.97 Å². The molecule has 1 N–H and O–H groups in total. The van der Waals surface area contributed by atoms with Gasteiger partial charge < -0.3 is 4.74 Å². The van der Waals surface area contributed by atoms with Gasteiger partial charge in [0.15, 0.2) is 0 Å². The summed E-state index contributed by atoms with van der Waals surface area (Å²) in [4.78, 5) is 15.9. The first-order chi connectivity index (χ1) is 8.79. The van der Waals surface area contributed by atoms with Crippen LogP contribution in [0.3, 0.4) is 0 Å². The fourth-order valence-corrected chi connectivity index (χ4v) is 2.24. The van der Waals surface area contributed by atoms with Crippen LogP contribution in [0, 0.1) is 5.92 Å². The lowest BCUT2D eigenvalue weighted by atomic mass is 10.3. The van der Waals surface area contributed by atoms with E-state index in [4.69, 9.17) is 4.74 Å². The van der Waals surface area contributed by atoms with Gasteiger partial charge in [0.2, 0.25) is 5.82 Å². The summed E-state index contributed by atoms with van der Waals surface area (Å²) in [5, 5.41) is 6.93. The minimum atomic E-state index is -0.157. The summed E-state index contributed by atoms with van der Waals surface area (Å²) < 4.78 is 12.9. The predicted molar refractivity (Wildman–Crippen MR) is 62.8 cm³/mol. The standard InChI is InChI=1S/C10H11N5O2S/c1-2-17-10(16)6-3-5(6)8-12-9(14-13-8)7-4-11-18-15-7/h4-6H,2-3H2,1H3,(H,12,13,14)/t5-,6-/m1/s1. The Hall–Kier alpha value is -1.83. The van der Waals surface area contributed by atoms with Crippen molar-refractivity contribution in [3.8, 4) is 11.5 Å². The first kappa shape index (κ1) is 11.3. The number of carbonyl (C=O) groups excluding carboxylic acids is 1. The van der Waals surface area contributed by atoms with Gasteiger partial charge in [-0.2, -0.15) is 13.8 Å². The van der Waals surface area contributed by atoms with E-state index < -0.39 is 0 Å². The third-order valence-corrected chi connectivity index (χ3v) is 3.30. The fourth-order valence-electron chi connectivity index (χ4n) is 1.82. The molecule has 1 saturated carbocycles. The number of carbonyl (C=O) groups is 1. The molecule has 2 aromatic heterocycles. The summed E-state index contributed by atoms with van der Waals surface area (Å²) >= 11 is 1.11. The highest BCUT2D eigenvalue weighted by Crippen LogP contribution is 2.46. The summed E-state index contributed by atoms with van der Waals surface area (Å²) in [7, 11) is 0. The maximum atomic E-state index is 11.5. The molecular weight excluding hydrogens is 254 g/mol. The van der Waals surface area contributed by atoms with Gasteiger partial charge in [0.05, 0.1) is 30.4 Å². The number of aromatic nitrogens is 5. The Morgan fingerprint density at radius 1 is 1.67 bits per heavy atom. The van der Waals surface area contributed by atoms with E-state index in [0.29, 0.717) is 18.1 Å². The second-order valence-electron chi connectivity index (χ2n) is 4.04. The summed E-state index contributed by atoms with van der Waals surface area (Å²) in [6.45, 7) is 2.21. The van der Waals surface area contributed by atoms with Gasteiger partial charge in [-0.3, -0.25) is 9.89 Å². The van der Waals surface area contributed by atoms with Crippen molar-refractivity contribution in [1.82, 2.24) is 23.9 Å². The average molecular weight is 265 g/mol. The topological polar surface area (TPSA) is 93.7 Å². The van der Waals surface area contributed by atoms with Gasteiger partial charge in [-0.05, 0) is 13.3 Å². The molecule has 8 heteroatoms. The number of hydrogen-bond acceptors (Lipinski definition) is 7. The molecule has 1 fully saturated rings. The van der Waals surface area contributed by atoms with Crippen LogP contribution in [0.15, 0.2) is 6.20 Å². The van der Waals surface area contributed by atoms with E-state index in [0.717, 1.165) is 24.0 Å². The molecule has 3 rings (SSSR count). The molecule has 1 aliphatic rings. The van der Waals surface area contributed by atoms with Gasteiger partial charge in [0, 0.05) is 5.92 Å². The third-order valence-electron chi connectivity index (χ3n) is 2.82. The Kier molecular flexibility index (Phi) is 2.78. The van der Waals surface area contributed by atoms with E-state index in [1.54, 1.807) is 13.1 Å². The Morgan fingerprint density at radius 2 is 2.56 bits per heavy atom. The number of aromatic amines is 1. The molecule has 0 spiro atoms. The molecule has 0 aliphatic heterocycles. The number of nitrogens with zero attached hydrogens (tertiary/aromatic N) is 4. The van der Waals surface area contributed by atoms with Gasteiger partial charge in [0.1, 0.15) is 11.5 Å². The first-order valence-corrected chi connectivity index (χ1v) is 6.39. The maximum absolute atomic E-state index is 11.5. The van der Waals surface area contributed by atoms with Crippen molar-refractivity contribution in [2.24, 2.45) is 5.92 Å². The number of ether oxygens (including phenoxy) is 1. The summed E-state index contributed by atoms with van der Waals surface area (Å²) in [5.41, 5.74) is 0.649. The molecule has 0 saturated heterocycles. The van der Waals surface area contributed by atoms with Crippen molar-refractivity contribution in [3.63, 3.8) is 0 Å². The monoisotopic (exact) mass is 265 g/mol. The molecule has 18 heavy (non-hydrogen) atoms. The molecular formula is C10H11N5O2S. The van der Waals surface area contributed by atoms with Gasteiger partial charge in [0.25, 0.3) is 0 Å². The first-order valence-electron chi connectivity index (χ1n) is 5.66. The van der Waals surface area contributed by atoms with Gasteiger partial charge in [-0.15, -0.1) is 0 Å². The zero-order chi connectivity index (χ0) is 12.5. The molecule has 0 radical (unpaired) electrons. The molecule has 7 nitrogen and oxygen atoms in total. The van der Waals surface area contributed by atoms with Crippen molar-refractivity contribution in [3.05, 3.63) is 12.0 Å². The number of esters is 1. The van der Waals surface area contributed by atoms with Crippen molar-refractivity contribution in [2.75, 3.05) is 6.61 Å². The zero-order valence-corrected chi connectivity index (χ0v) is 10.5. The average Bonchev–Trinajstić information content (AvgIpc) is 2.82. The van der Waals surface area contributed by atoms with Crippen LogP contribution >= 0.6 is 11.7 Å². The Labute approximate surface area is 107 Å². The molecule has 2 aromatic rings. The number of rotatable bonds is 4. The highest BCUT2D eigenvalue weighted by molar-refractivity contribution is 6.99. The van der Waals surface area contributed by atoms with Crippen LogP contribution in [-0.2, 0) is 9.53 Å². The Balaban J connectivity index is 1.71. The minimum absolute atomic E-state index is 0.0840. The van der Waals surface area contributed by atoms with Crippen LogP contribution in [0.4, 0.5) is 0 Å². The van der Waals surface area contributed by atoms with E-state index in [1.165, 1.54) is 0 Å². The van der Waals surface area contributed by atoms with E-state index in [2.05, 4.69) is 23.9 Å². The minimum Gasteiger partial charge on any atom is -0.466 e. The van der Waals surface area contributed by atoms with E-state index in [-0.39, 0.29) is 17.8 Å². The molecule has 0 unspecified atom stereocenters. The van der Waals surface area contributed by atoms with Crippen molar-refractivity contribution >= 4 is 17.7 Å². The lowest BCUT2D eigenvalue weighted by molar-refractivity contribution is -0.144. The lowest BCUT2D eigenvalue weighted by Gasteiger charge is -1.98. The third kappa shape index (κ3) is 1.99. The van der Waals surface area contributed by atoms with Crippen LogP contribution in [0.5, 0.6) is 0 Å². The largest absolute Gasteiger partial charge is 0.466 e. The summed E-state index contributed by atoms with van der Waals surface area (Å²) in [5.74, 6) is 1.09. The van der Waals surface area contributed by atoms with Crippen LogP contribution in [-0.4, -0.2) is 36.5 Å². The Morgan fingerprint density at radius 3 is 3.28 bits per heavy atom. The fraction of sp³-hybridized carbons (Fsp3) is 0.500. The zero-order valence-electron chi connectivity index (χ0n) is 9.66. The van der Waals surface area contributed by atoms with Crippen molar-refractivity contribution < 1.29 is 9.53 Å². The highest BCUT2D eigenvalue weighted by Gasteiger charge is 2.47. The second-order valence-corrected chi connectivity index (χ2v) is 4.59. The van der Waals surface area contributed by atoms with Crippen LogP contribution in [0.2, 0.25) is 0 Å². The number of H-pyrrole nitrogens is 1. The molecule has 2 atom stereocenters. The van der Waals surface area contributed by atoms with Crippen molar-refractivity contribution in [1.29, 1.82) is 0 Å². The normalized spacial score (nSPS) is 21.8. The van der Waals surface area contributed by atoms with Crippen LogP contribution in [0.1, 0.15) is 25.1 Å². The summed E-state index contributed by atoms with van der Waals surface area (Å²) in [6.07, 6.45) is 2.39. The van der Waals surface area contributed by atoms with Crippen LogP contribution < -0.4 is 0 Å². The molecule has 2 heterocycles. The molecule has 0 bridgehead atoms. The summed E-state index contributed by atoms with van der Waals surface area (Å²) in [6, 6.07) is 0. The Bertz CT molecular complexity index is 552. The smallest absolute Gasteiger partial charge is 0.309 e. The number of nitrogens with one attached hydrogen (secondary N) is 1. The van der Waals surface area contributed by atoms with E-state index in [1.807, 2.05) is 0 Å². The number of hydrogen-bond donors (Lipinski definition) is 1. The molecule has 94 valence electrons.